The first-order valence-electron chi connectivity index (χ1n) is 5.58. The second kappa shape index (κ2) is 4.73. The molecule has 2 aliphatic heterocycles. The van der Waals surface area contributed by atoms with E-state index in [1.54, 1.807) is 6.92 Å². The van der Waals surface area contributed by atoms with Crippen molar-refractivity contribution in [2.75, 3.05) is 6.61 Å². The summed E-state index contributed by atoms with van der Waals surface area (Å²) in [6.07, 6.45) is -3.75. The molecule has 0 radical (unpaired) electrons. The van der Waals surface area contributed by atoms with E-state index >= 15 is 0 Å². The molecule has 1 saturated carbocycles. The third kappa shape index (κ3) is 2.47. The van der Waals surface area contributed by atoms with Crippen molar-refractivity contribution in [3.63, 3.8) is 0 Å². The van der Waals surface area contributed by atoms with Crippen molar-refractivity contribution in [2.45, 2.75) is 59.2 Å². The van der Waals surface area contributed by atoms with E-state index in [4.69, 9.17) is 4.74 Å². The highest BCUT2D eigenvalue weighted by atomic mass is 19.4. The van der Waals surface area contributed by atoms with Crippen LogP contribution in [0, 0.1) is 5.41 Å². The summed E-state index contributed by atoms with van der Waals surface area (Å²) in [6.45, 7) is 9.61. The van der Waals surface area contributed by atoms with Gasteiger partial charge >= 0.3 is 6.18 Å². The summed E-state index contributed by atoms with van der Waals surface area (Å²) in [4.78, 5) is 0. The van der Waals surface area contributed by atoms with Crippen molar-refractivity contribution in [1.29, 1.82) is 0 Å². The van der Waals surface area contributed by atoms with Crippen LogP contribution in [-0.2, 0) is 4.74 Å². The molecule has 1 nitrogen and oxygen atoms in total. The van der Waals surface area contributed by atoms with Crippen LogP contribution in [0.2, 0.25) is 0 Å². The maximum absolute atomic E-state index is 12.3. The zero-order chi connectivity index (χ0) is 12.3. The van der Waals surface area contributed by atoms with Crippen molar-refractivity contribution >= 4 is 0 Å². The largest absolute Gasteiger partial charge is 0.396 e. The number of rotatable bonds is 0. The minimum Gasteiger partial charge on any atom is -0.374 e. The van der Waals surface area contributed by atoms with Gasteiger partial charge in [-0.15, -0.1) is 0 Å². The Hall–Kier alpha value is -0.250. The summed E-state index contributed by atoms with van der Waals surface area (Å²) in [5, 5.41) is 0. The zero-order valence-electron chi connectivity index (χ0n) is 10.2. The van der Waals surface area contributed by atoms with Gasteiger partial charge in [-0.05, 0) is 19.8 Å². The van der Waals surface area contributed by atoms with Gasteiger partial charge < -0.3 is 4.74 Å². The summed E-state index contributed by atoms with van der Waals surface area (Å²) in [7, 11) is 0. The molecule has 0 aromatic rings. The second-order valence-electron chi connectivity index (χ2n) is 3.87. The molecule has 0 spiro atoms. The lowest BCUT2D eigenvalue weighted by molar-refractivity contribution is -0.242. The first kappa shape index (κ1) is 14.8. The molecule has 0 aromatic heterocycles. The van der Waals surface area contributed by atoms with Crippen molar-refractivity contribution in [1.82, 2.24) is 0 Å². The van der Waals surface area contributed by atoms with E-state index in [9.17, 15) is 13.2 Å². The molecule has 92 valence electrons. The number of hydrogen-bond donors (Lipinski definition) is 0. The number of fused-ring (bicyclic) bond motifs is 1. The van der Waals surface area contributed by atoms with Crippen LogP contribution in [0.1, 0.15) is 47.5 Å². The minimum absolute atomic E-state index is 0.132. The molecule has 2 heterocycles. The van der Waals surface area contributed by atoms with Crippen LogP contribution >= 0.6 is 0 Å². The van der Waals surface area contributed by atoms with Crippen molar-refractivity contribution in [3.8, 4) is 0 Å². The maximum Gasteiger partial charge on any atom is 0.396 e. The predicted octanol–water partition coefficient (Wildman–Crippen LogP) is 4.17. The van der Waals surface area contributed by atoms with Crippen LogP contribution in [0.4, 0.5) is 13.2 Å². The molecule has 15 heavy (non-hydrogen) atoms. The van der Waals surface area contributed by atoms with Gasteiger partial charge in [-0.25, -0.2) is 0 Å². The summed E-state index contributed by atoms with van der Waals surface area (Å²) in [5.41, 5.74) is -1.95. The van der Waals surface area contributed by atoms with Crippen LogP contribution in [-0.4, -0.2) is 18.4 Å². The van der Waals surface area contributed by atoms with E-state index < -0.39 is 17.2 Å². The highest BCUT2D eigenvalue weighted by Crippen LogP contribution is 2.64. The average molecular weight is 226 g/mol. The van der Waals surface area contributed by atoms with E-state index in [1.807, 2.05) is 27.7 Å². The van der Waals surface area contributed by atoms with E-state index in [-0.39, 0.29) is 19.4 Å². The molecule has 3 fully saturated rings. The number of hydrogen-bond acceptors (Lipinski definition) is 1. The van der Waals surface area contributed by atoms with Crippen LogP contribution in [0.3, 0.4) is 0 Å². The van der Waals surface area contributed by atoms with E-state index in [0.717, 1.165) is 0 Å². The van der Waals surface area contributed by atoms with Gasteiger partial charge in [-0.1, -0.05) is 27.7 Å². The normalized spacial score (nSPS) is 36.8. The van der Waals surface area contributed by atoms with Crippen LogP contribution < -0.4 is 0 Å². The Labute approximate surface area is 90.0 Å². The molecule has 3 aliphatic rings. The SMILES string of the molecule is CC.CC.CC12CC(C(F)(F)F)(CO1)C2. The Bertz CT molecular complexity index is 192. The Morgan fingerprint density at radius 3 is 1.53 bits per heavy atom. The van der Waals surface area contributed by atoms with Gasteiger partial charge in [0.15, 0.2) is 0 Å². The lowest BCUT2D eigenvalue weighted by atomic mass is 9.63. The van der Waals surface area contributed by atoms with Gasteiger partial charge in [0.1, 0.15) is 0 Å². The van der Waals surface area contributed by atoms with Gasteiger partial charge in [0.25, 0.3) is 0 Å². The van der Waals surface area contributed by atoms with Crippen LogP contribution in [0.15, 0.2) is 0 Å². The topological polar surface area (TPSA) is 9.23 Å². The highest BCUT2D eigenvalue weighted by Gasteiger charge is 2.71. The maximum atomic E-state index is 12.3. The Balaban J connectivity index is 0.000000442. The van der Waals surface area contributed by atoms with E-state index in [2.05, 4.69) is 0 Å². The first-order valence-corrected chi connectivity index (χ1v) is 5.58. The number of ether oxygens (including phenoxy) is 1. The Morgan fingerprint density at radius 1 is 1.00 bits per heavy atom. The molecule has 0 N–H and O–H groups in total. The van der Waals surface area contributed by atoms with E-state index in [0.29, 0.717) is 0 Å². The smallest absolute Gasteiger partial charge is 0.374 e. The first-order chi connectivity index (χ1) is 6.87. The molecule has 0 atom stereocenters. The summed E-state index contributed by atoms with van der Waals surface area (Å²) in [5.74, 6) is 0. The quantitative estimate of drug-likeness (QED) is 0.602. The van der Waals surface area contributed by atoms with E-state index in [1.165, 1.54) is 0 Å². The van der Waals surface area contributed by atoms with Crippen molar-refractivity contribution in [2.24, 2.45) is 5.41 Å². The molecular formula is C11H21F3O. The Kier molecular flexibility index (Phi) is 4.65. The second-order valence-corrected chi connectivity index (χ2v) is 3.87. The fourth-order valence-electron chi connectivity index (χ4n) is 2.18. The van der Waals surface area contributed by atoms with Gasteiger partial charge in [0.2, 0.25) is 0 Å². The summed E-state index contributed by atoms with van der Waals surface area (Å²) >= 11 is 0. The molecular weight excluding hydrogens is 205 g/mol. The van der Waals surface area contributed by atoms with Crippen LogP contribution in [0.5, 0.6) is 0 Å². The molecule has 4 heteroatoms. The van der Waals surface area contributed by atoms with Gasteiger partial charge in [-0.2, -0.15) is 13.2 Å². The highest BCUT2D eigenvalue weighted by molar-refractivity contribution is 5.12. The molecule has 2 bridgehead atoms. The van der Waals surface area contributed by atoms with Crippen LogP contribution in [0.25, 0.3) is 0 Å². The molecule has 3 rings (SSSR count). The predicted molar refractivity (Wildman–Crippen MR) is 54.8 cm³/mol. The third-order valence-electron chi connectivity index (χ3n) is 2.72. The van der Waals surface area contributed by atoms with Crippen molar-refractivity contribution in [3.05, 3.63) is 0 Å². The monoisotopic (exact) mass is 226 g/mol. The zero-order valence-corrected chi connectivity index (χ0v) is 10.2. The lowest BCUT2D eigenvalue weighted by Crippen LogP contribution is -2.50. The molecule has 0 unspecified atom stereocenters. The lowest BCUT2D eigenvalue weighted by Gasteiger charge is -2.43. The molecule has 0 amide bonds. The summed E-state index contributed by atoms with van der Waals surface area (Å²) in [6, 6.07) is 0. The summed E-state index contributed by atoms with van der Waals surface area (Å²) < 4.78 is 41.8. The molecule has 1 aliphatic carbocycles. The average Bonchev–Trinajstić information content (AvgIpc) is 2.65. The van der Waals surface area contributed by atoms with Crippen molar-refractivity contribution < 1.29 is 17.9 Å². The standard InChI is InChI=1S/C7H9F3O.2C2H6/c1-5-2-6(3-5,4-11-5)7(8,9)10;2*1-2/h2-4H2,1H3;2*1-2H3. The third-order valence-corrected chi connectivity index (χ3v) is 2.72. The fraction of sp³-hybridized carbons (Fsp3) is 1.00. The fourth-order valence-corrected chi connectivity index (χ4v) is 2.18. The van der Waals surface area contributed by atoms with Gasteiger partial charge in [-0.3, -0.25) is 0 Å². The number of alkyl halides is 3. The molecule has 2 saturated heterocycles. The van der Waals surface area contributed by atoms with Gasteiger partial charge in [0, 0.05) is 0 Å². The molecule has 0 aromatic carbocycles. The minimum atomic E-state index is -4.07. The van der Waals surface area contributed by atoms with Gasteiger partial charge in [0.05, 0.1) is 17.6 Å². The Morgan fingerprint density at radius 2 is 1.40 bits per heavy atom. The number of halogens is 3.